The molecule has 1 amide bonds. The SMILES string of the molecule is O=C(NC1CCCCC1)c1ccn(Cc2ccc(-c3noc(C(F)(F)F)n3)s2)n1. The highest BCUT2D eigenvalue weighted by Gasteiger charge is 2.38. The molecule has 1 saturated carbocycles. The highest BCUT2D eigenvalue weighted by atomic mass is 32.1. The van der Waals surface area contributed by atoms with Gasteiger partial charge in [-0.2, -0.15) is 23.3 Å². The van der Waals surface area contributed by atoms with E-state index >= 15 is 0 Å². The summed E-state index contributed by atoms with van der Waals surface area (Å²) in [4.78, 5) is 17.0. The van der Waals surface area contributed by atoms with E-state index < -0.39 is 12.1 Å². The molecule has 7 nitrogen and oxygen atoms in total. The highest BCUT2D eigenvalue weighted by Crippen LogP contribution is 2.31. The zero-order chi connectivity index (χ0) is 20.4. The first-order valence-electron chi connectivity index (χ1n) is 9.23. The highest BCUT2D eigenvalue weighted by molar-refractivity contribution is 7.15. The Labute approximate surface area is 167 Å². The van der Waals surface area contributed by atoms with E-state index in [0.717, 1.165) is 30.6 Å². The Hall–Kier alpha value is -2.69. The van der Waals surface area contributed by atoms with Crippen LogP contribution in [-0.2, 0) is 12.7 Å². The van der Waals surface area contributed by atoms with E-state index in [-0.39, 0.29) is 17.8 Å². The second-order valence-electron chi connectivity index (χ2n) is 6.89. The minimum atomic E-state index is -4.67. The number of halogens is 3. The Morgan fingerprint density at radius 3 is 2.76 bits per heavy atom. The third kappa shape index (κ3) is 4.66. The van der Waals surface area contributed by atoms with E-state index in [4.69, 9.17) is 0 Å². The number of amides is 1. The zero-order valence-electron chi connectivity index (χ0n) is 15.3. The summed E-state index contributed by atoms with van der Waals surface area (Å²) in [7, 11) is 0. The molecule has 154 valence electrons. The van der Waals surface area contributed by atoms with Crippen molar-refractivity contribution in [1.29, 1.82) is 0 Å². The van der Waals surface area contributed by atoms with Crippen LogP contribution in [-0.4, -0.2) is 31.9 Å². The molecule has 0 aliphatic heterocycles. The average Bonchev–Trinajstić information content (AvgIpc) is 3.43. The van der Waals surface area contributed by atoms with Gasteiger partial charge in [0.25, 0.3) is 5.91 Å². The van der Waals surface area contributed by atoms with E-state index in [0.29, 0.717) is 17.1 Å². The second kappa shape index (κ2) is 7.97. The standard InChI is InChI=1S/C18H18F3N5O2S/c19-18(20,21)17-23-15(25-28-17)14-7-6-12(29-14)10-26-9-8-13(24-26)16(27)22-11-4-2-1-3-5-11/h6-9,11H,1-5,10H2,(H,22,27). The average molecular weight is 425 g/mol. The number of carbonyl (C=O) groups is 1. The van der Waals surface area contributed by atoms with Crippen LogP contribution in [0.15, 0.2) is 28.9 Å². The van der Waals surface area contributed by atoms with Gasteiger partial charge in [-0.25, -0.2) is 0 Å². The zero-order valence-corrected chi connectivity index (χ0v) is 16.1. The number of nitrogens with zero attached hydrogens (tertiary/aromatic N) is 4. The van der Waals surface area contributed by atoms with Crippen LogP contribution < -0.4 is 5.32 Å². The Balaban J connectivity index is 1.39. The van der Waals surface area contributed by atoms with Crippen molar-refractivity contribution in [3.8, 4) is 10.7 Å². The van der Waals surface area contributed by atoms with Gasteiger partial charge in [-0.3, -0.25) is 9.48 Å². The lowest BCUT2D eigenvalue weighted by Crippen LogP contribution is -2.36. The summed E-state index contributed by atoms with van der Waals surface area (Å²) in [5.74, 6) is -1.67. The van der Waals surface area contributed by atoms with Crippen molar-refractivity contribution in [1.82, 2.24) is 25.2 Å². The monoisotopic (exact) mass is 425 g/mol. The summed E-state index contributed by atoms with van der Waals surface area (Å²) in [5, 5.41) is 10.7. The molecule has 0 unspecified atom stereocenters. The number of hydrogen-bond acceptors (Lipinski definition) is 6. The fraction of sp³-hybridized carbons (Fsp3) is 0.444. The van der Waals surface area contributed by atoms with Crippen LogP contribution in [0.5, 0.6) is 0 Å². The van der Waals surface area contributed by atoms with Crippen molar-refractivity contribution in [2.24, 2.45) is 0 Å². The molecule has 1 N–H and O–H groups in total. The molecule has 3 aromatic heterocycles. The van der Waals surface area contributed by atoms with Crippen molar-refractivity contribution < 1.29 is 22.5 Å². The summed E-state index contributed by atoms with van der Waals surface area (Å²) in [6.45, 7) is 0.380. The maximum Gasteiger partial charge on any atom is 0.471 e. The molecular formula is C18H18F3N5O2S. The molecule has 29 heavy (non-hydrogen) atoms. The Bertz CT molecular complexity index is 988. The number of aromatic nitrogens is 4. The van der Waals surface area contributed by atoms with Gasteiger partial charge in [0.2, 0.25) is 5.82 Å². The topological polar surface area (TPSA) is 85.8 Å². The predicted octanol–water partition coefficient (Wildman–Crippen LogP) is 4.12. The normalized spacial score (nSPS) is 15.6. The van der Waals surface area contributed by atoms with Crippen molar-refractivity contribution in [2.45, 2.75) is 50.9 Å². The lowest BCUT2D eigenvalue weighted by molar-refractivity contribution is -0.159. The molecule has 0 saturated heterocycles. The molecule has 0 radical (unpaired) electrons. The smallest absolute Gasteiger partial charge is 0.348 e. The maximum atomic E-state index is 12.6. The third-order valence-corrected chi connectivity index (χ3v) is 5.75. The summed E-state index contributed by atoms with van der Waals surface area (Å²) < 4.78 is 43.6. The molecule has 0 spiro atoms. The van der Waals surface area contributed by atoms with Crippen LogP contribution in [0.25, 0.3) is 10.7 Å². The molecule has 4 rings (SSSR count). The first kappa shape index (κ1) is 19.6. The number of nitrogens with one attached hydrogen (secondary N) is 1. The number of alkyl halides is 3. The Morgan fingerprint density at radius 1 is 1.24 bits per heavy atom. The number of thiophene rings is 1. The van der Waals surface area contributed by atoms with Crippen LogP contribution in [0, 0.1) is 0 Å². The minimum absolute atomic E-state index is 0.110. The van der Waals surface area contributed by atoms with E-state index in [1.54, 1.807) is 29.1 Å². The quantitative estimate of drug-likeness (QED) is 0.665. The molecule has 1 aliphatic rings. The van der Waals surface area contributed by atoms with Crippen LogP contribution in [0.4, 0.5) is 13.2 Å². The fourth-order valence-corrected chi connectivity index (χ4v) is 4.18. The van der Waals surface area contributed by atoms with Crippen LogP contribution in [0.1, 0.15) is 53.4 Å². The van der Waals surface area contributed by atoms with Crippen molar-refractivity contribution in [3.05, 3.63) is 40.9 Å². The summed E-state index contributed by atoms with van der Waals surface area (Å²) >= 11 is 1.24. The molecule has 3 aromatic rings. The first-order chi connectivity index (χ1) is 13.9. The molecule has 11 heteroatoms. The van der Waals surface area contributed by atoms with Gasteiger partial charge in [-0.05, 0) is 31.0 Å². The number of rotatable bonds is 5. The number of hydrogen-bond donors (Lipinski definition) is 1. The molecule has 1 aliphatic carbocycles. The van der Waals surface area contributed by atoms with Gasteiger partial charge in [0, 0.05) is 17.1 Å². The van der Waals surface area contributed by atoms with Gasteiger partial charge in [0.1, 0.15) is 5.69 Å². The van der Waals surface area contributed by atoms with Gasteiger partial charge in [0.15, 0.2) is 0 Å². The van der Waals surface area contributed by atoms with E-state index in [1.165, 1.54) is 17.8 Å². The van der Waals surface area contributed by atoms with Gasteiger partial charge in [0.05, 0.1) is 11.4 Å². The van der Waals surface area contributed by atoms with Gasteiger partial charge in [-0.15, -0.1) is 11.3 Å². The lowest BCUT2D eigenvalue weighted by Gasteiger charge is -2.22. The van der Waals surface area contributed by atoms with Crippen LogP contribution >= 0.6 is 11.3 Å². The molecule has 0 atom stereocenters. The van der Waals surface area contributed by atoms with Crippen LogP contribution in [0.3, 0.4) is 0 Å². The predicted molar refractivity (Wildman–Crippen MR) is 98.3 cm³/mol. The summed E-state index contributed by atoms with van der Waals surface area (Å²) in [5.41, 5.74) is 0.348. The maximum absolute atomic E-state index is 12.6. The van der Waals surface area contributed by atoms with Gasteiger partial charge in [-0.1, -0.05) is 24.4 Å². The van der Waals surface area contributed by atoms with Gasteiger partial charge < -0.3 is 9.84 Å². The molecule has 3 heterocycles. The minimum Gasteiger partial charge on any atom is -0.348 e. The van der Waals surface area contributed by atoms with Gasteiger partial charge >= 0.3 is 12.1 Å². The molecule has 1 fully saturated rings. The summed E-state index contributed by atoms with van der Waals surface area (Å²) in [6, 6.07) is 5.25. The van der Waals surface area contributed by atoms with Crippen molar-refractivity contribution in [2.75, 3.05) is 0 Å². The summed E-state index contributed by atoms with van der Waals surface area (Å²) in [6.07, 6.45) is 2.49. The van der Waals surface area contributed by atoms with E-state index in [9.17, 15) is 18.0 Å². The largest absolute Gasteiger partial charge is 0.471 e. The number of carbonyl (C=O) groups excluding carboxylic acids is 1. The van der Waals surface area contributed by atoms with E-state index in [2.05, 4.69) is 25.1 Å². The second-order valence-corrected chi connectivity index (χ2v) is 8.06. The lowest BCUT2D eigenvalue weighted by atomic mass is 9.95. The fourth-order valence-electron chi connectivity index (χ4n) is 3.26. The van der Waals surface area contributed by atoms with Crippen molar-refractivity contribution >= 4 is 17.2 Å². The third-order valence-electron chi connectivity index (χ3n) is 4.68. The molecule has 0 bridgehead atoms. The Morgan fingerprint density at radius 2 is 2.03 bits per heavy atom. The first-order valence-corrected chi connectivity index (χ1v) is 10.0. The van der Waals surface area contributed by atoms with Crippen LogP contribution in [0.2, 0.25) is 0 Å². The van der Waals surface area contributed by atoms with E-state index in [1.807, 2.05) is 0 Å². The Kier molecular flexibility index (Phi) is 5.39. The molecule has 0 aromatic carbocycles. The molecular weight excluding hydrogens is 407 g/mol. The van der Waals surface area contributed by atoms with Crippen molar-refractivity contribution in [3.63, 3.8) is 0 Å².